The van der Waals surface area contributed by atoms with Crippen molar-refractivity contribution in [3.05, 3.63) is 36.0 Å². The number of rotatable bonds is 16. The molecule has 4 amide bonds. The van der Waals surface area contributed by atoms with Gasteiger partial charge in [0.05, 0.1) is 12.5 Å². The fourth-order valence-corrected chi connectivity index (χ4v) is 4.12. The topological polar surface area (TPSA) is 236 Å². The zero-order chi connectivity index (χ0) is 29.1. The fraction of sp³-hybridized carbons (Fsp3) is 0.500. The molecule has 0 aliphatic rings. The largest absolute Gasteiger partial charge is 0.480 e. The van der Waals surface area contributed by atoms with Crippen LogP contribution in [0.4, 0.5) is 0 Å². The predicted octanol–water partition coefficient (Wildman–Crippen LogP) is -0.763. The number of carboxylic acid groups (broad SMARTS) is 1. The van der Waals surface area contributed by atoms with Gasteiger partial charge in [0.2, 0.25) is 23.6 Å². The smallest absolute Gasteiger partial charge is 0.326 e. The van der Waals surface area contributed by atoms with E-state index >= 15 is 0 Å². The number of carbonyl (C=O) groups excluding carboxylic acids is 4. The number of carboxylic acids is 1. The minimum Gasteiger partial charge on any atom is -0.480 e. The number of aliphatic carboxylic acids is 1. The second-order valence-electron chi connectivity index (χ2n) is 9.82. The number of fused-ring (bicyclic) bond motifs is 1. The Labute approximate surface area is 226 Å². The van der Waals surface area contributed by atoms with E-state index in [1.165, 1.54) is 0 Å². The molecule has 13 heteroatoms. The summed E-state index contributed by atoms with van der Waals surface area (Å²) < 4.78 is 0. The minimum absolute atomic E-state index is 0.163. The lowest BCUT2D eigenvalue weighted by atomic mass is 10.0. The van der Waals surface area contributed by atoms with Crippen molar-refractivity contribution in [2.24, 2.45) is 23.1 Å². The van der Waals surface area contributed by atoms with Gasteiger partial charge in [-0.2, -0.15) is 0 Å². The molecule has 0 bridgehead atoms. The highest BCUT2D eigenvalue weighted by Gasteiger charge is 2.32. The molecule has 39 heavy (non-hydrogen) atoms. The van der Waals surface area contributed by atoms with E-state index < -0.39 is 66.1 Å². The van der Waals surface area contributed by atoms with E-state index in [4.69, 9.17) is 17.2 Å². The number of primary amides is 1. The number of hydrogen-bond donors (Lipinski definition) is 8. The van der Waals surface area contributed by atoms with E-state index in [0.29, 0.717) is 19.4 Å². The maximum absolute atomic E-state index is 13.1. The van der Waals surface area contributed by atoms with Crippen LogP contribution in [0.5, 0.6) is 0 Å². The maximum Gasteiger partial charge on any atom is 0.326 e. The Morgan fingerprint density at radius 2 is 1.59 bits per heavy atom. The Bertz CT molecular complexity index is 1160. The fourth-order valence-electron chi connectivity index (χ4n) is 4.12. The molecule has 1 heterocycles. The van der Waals surface area contributed by atoms with Crippen LogP contribution in [0.15, 0.2) is 30.5 Å². The summed E-state index contributed by atoms with van der Waals surface area (Å²) in [5.74, 6) is -4.69. The molecule has 11 N–H and O–H groups in total. The van der Waals surface area contributed by atoms with Crippen LogP contribution in [-0.2, 0) is 30.4 Å². The van der Waals surface area contributed by atoms with Gasteiger partial charge < -0.3 is 43.2 Å². The van der Waals surface area contributed by atoms with E-state index in [1.807, 2.05) is 24.3 Å². The number of carbonyl (C=O) groups is 5. The molecule has 214 valence electrons. The Balaban J connectivity index is 2.14. The van der Waals surface area contributed by atoms with Gasteiger partial charge in [0.25, 0.3) is 0 Å². The van der Waals surface area contributed by atoms with Crippen LogP contribution in [0.3, 0.4) is 0 Å². The third-order valence-corrected chi connectivity index (χ3v) is 6.30. The van der Waals surface area contributed by atoms with Crippen molar-refractivity contribution in [1.82, 2.24) is 20.9 Å². The van der Waals surface area contributed by atoms with E-state index in [1.54, 1.807) is 20.0 Å². The number of unbranched alkanes of at least 4 members (excludes halogenated alkanes) is 1. The van der Waals surface area contributed by atoms with Gasteiger partial charge in [-0.3, -0.25) is 19.2 Å². The van der Waals surface area contributed by atoms with Crippen molar-refractivity contribution in [2.45, 2.75) is 70.1 Å². The van der Waals surface area contributed by atoms with Gasteiger partial charge in [-0.25, -0.2) is 4.79 Å². The first-order chi connectivity index (χ1) is 18.4. The molecule has 1 aromatic carbocycles. The number of H-pyrrole nitrogens is 1. The molecule has 2 aromatic rings. The number of benzene rings is 1. The maximum atomic E-state index is 13.1. The number of para-hydroxylation sites is 1. The average molecular weight is 546 g/mol. The average Bonchev–Trinajstić information content (AvgIpc) is 3.28. The number of hydrogen-bond acceptors (Lipinski definition) is 7. The van der Waals surface area contributed by atoms with E-state index in [-0.39, 0.29) is 12.8 Å². The Hall–Kier alpha value is -3.97. The molecule has 0 saturated carbocycles. The number of aromatic nitrogens is 1. The molecule has 0 aliphatic heterocycles. The van der Waals surface area contributed by atoms with Crippen molar-refractivity contribution in [3.8, 4) is 0 Å². The van der Waals surface area contributed by atoms with Crippen molar-refractivity contribution in [1.29, 1.82) is 0 Å². The predicted molar refractivity (Wildman–Crippen MR) is 145 cm³/mol. The normalized spacial score (nSPS) is 14.3. The van der Waals surface area contributed by atoms with Crippen LogP contribution < -0.4 is 33.2 Å². The zero-order valence-electron chi connectivity index (χ0n) is 22.2. The van der Waals surface area contributed by atoms with Gasteiger partial charge in [0.15, 0.2) is 0 Å². The number of aromatic amines is 1. The molecule has 0 spiro atoms. The molecule has 13 nitrogen and oxygen atoms in total. The molecule has 2 rings (SSSR count). The van der Waals surface area contributed by atoms with Crippen molar-refractivity contribution < 1.29 is 29.1 Å². The summed E-state index contributed by atoms with van der Waals surface area (Å²) in [7, 11) is 0. The standard InChI is InChI=1S/C26H39N7O6/c1-14(2)22(26(38)39)33-24(36)19(9-5-6-10-27)31-25(37)20(12-21(29)34)32-23(35)17(28)11-15-13-30-18-8-4-3-7-16(15)18/h3-4,7-8,13-14,17,19-20,22,30H,5-6,9-12,27-28H2,1-2H3,(H2,29,34)(H,31,37)(H,32,35)(H,33,36)(H,38,39). The van der Waals surface area contributed by atoms with Crippen molar-refractivity contribution in [3.63, 3.8) is 0 Å². The van der Waals surface area contributed by atoms with E-state index in [2.05, 4.69) is 20.9 Å². The number of nitrogens with two attached hydrogens (primary N) is 3. The summed E-state index contributed by atoms with van der Waals surface area (Å²) in [6, 6.07) is 2.77. The monoisotopic (exact) mass is 545 g/mol. The van der Waals surface area contributed by atoms with E-state index in [9.17, 15) is 29.1 Å². The summed E-state index contributed by atoms with van der Waals surface area (Å²) in [5, 5.41) is 17.8. The van der Waals surface area contributed by atoms with Crippen LogP contribution in [0.2, 0.25) is 0 Å². The van der Waals surface area contributed by atoms with Crippen LogP contribution in [0, 0.1) is 5.92 Å². The lowest BCUT2D eigenvalue weighted by molar-refractivity contribution is -0.143. The molecule has 0 radical (unpaired) electrons. The van der Waals surface area contributed by atoms with Crippen LogP contribution in [0.1, 0.15) is 45.1 Å². The van der Waals surface area contributed by atoms with Gasteiger partial charge in [-0.05, 0) is 49.8 Å². The minimum atomic E-state index is -1.39. The summed E-state index contributed by atoms with van der Waals surface area (Å²) in [5.41, 5.74) is 18.7. The Kier molecular flexibility index (Phi) is 11.9. The lowest BCUT2D eigenvalue weighted by Crippen LogP contribution is -2.58. The second-order valence-corrected chi connectivity index (χ2v) is 9.82. The highest BCUT2D eigenvalue weighted by atomic mass is 16.4. The highest BCUT2D eigenvalue weighted by molar-refractivity contribution is 5.96. The second kappa shape index (κ2) is 14.8. The molecule has 4 atom stereocenters. The summed E-state index contributed by atoms with van der Waals surface area (Å²) >= 11 is 0. The summed E-state index contributed by atoms with van der Waals surface area (Å²) in [4.78, 5) is 65.3. The van der Waals surface area contributed by atoms with Gasteiger partial charge in [-0.15, -0.1) is 0 Å². The summed E-state index contributed by atoms with van der Waals surface area (Å²) in [6.45, 7) is 3.64. The van der Waals surface area contributed by atoms with E-state index in [0.717, 1.165) is 16.5 Å². The molecule has 0 saturated heterocycles. The highest BCUT2D eigenvalue weighted by Crippen LogP contribution is 2.19. The molecule has 4 unspecified atom stereocenters. The third-order valence-electron chi connectivity index (χ3n) is 6.30. The van der Waals surface area contributed by atoms with Crippen LogP contribution in [0.25, 0.3) is 10.9 Å². The zero-order valence-corrected chi connectivity index (χ0v) is 22.2. The molecule has 0 aliphatic carbocycles. The third kappa shape index (κ3) is 9.37. The van der Waals surface area contributed by atoms with Gasteiger partial charge >= 0.3 is 5.97 Å². The van der Waals surface area contributed by atoms with Gasteiger partial charge in [0.1, 0.15) is 18.1 Å². The SMILES string of the molecule is CC(C)C(NC(=O)C(CCCCN)NC(=O)C(CC(N)=O)NC(=O)C(N)Cc1c[nH]c2ccccc12)C(=O)O. The molecular weight excluding hydrogens is 506 g/mol. The quantitative estimate of drug-likeness (QED) is 0.124. The Morgan fingerprint density at radius 3 is 2.21 bits per heavy atom. The first-order valence-electron chi connectivity index (χ1n) is 12.9. The van der Waals surface area contributed by atoms with Crippen molar-refractivity contribution >= 4 is 40.5 Å². The van der Waals surface area contributed by atoms with Crippen LogP contribution in [-0.4, -0.2) is 70.4 Å². The van der Waals surface area contributed by atoms with Gasteiger partial charge in [-0.1, -0.05) is 32.0 Å². The molecule has 0 fully saturated rings. The summed E-state index contributed by atoms with van der Waals surface area (Å²) in [6.07, 6.45) is 2.58. The number of nitrogens with one attached hydrogen (secondary N) is 4. The van der Waals surface area contributed by atoms with Crippen molar-refractivity contribution in [2.75, 3.05) is 6.54 Å². The Morgan fingerprint density at radius 1 is 0.949 bits per heavy atom. The first-order valence-corrected chi connectivity index (χ1v) is 12.9. The van der Waals surface area contributed by atoms with Crippen LogP contribution >= 0.6 is 0 Å². The lowest BCUT2D eigenvalue weighted by Gasteiger charge is -2.25. The first kappa shape index (κ1) is 31.2. The van der Waals surface area contributed by atoms with Gasteiger partial charge in [0, 0.05) is 17.1 Å². The molecule has 1 aromatic heterocycles. The molecular formula is C26H39N7O6. The number of amides is 4.